The molecule has 0 bridgehead atoms. The number of thiophene rings is 1. The molecule has 0 fully saturated rings. The second-order valence-corrected chi connectivity index (χ2v) is 6.51. The Morgan fingerprint density at radius 2 is 1.96 bits per heavy atom. The summed E-state index contributed by atoms with van der Waals surface area (Å²) < 4.78 is 8.12. The van der Waals surface area contributed by atoms with Gasteiger partial charge in [0.25, 0.3) is 0 Å². The van der Waals surface area contributed by atoms with Crippen LogP contribution in [0, 0.1) is 0 Å². The van der Waals surface area contributed by atoms with E-state index in [2.05, 4.69) is 6.92 Å². The first-order valence-corrected chi connectivity index (χ1v) is 8.89. The highest BCUT2D eigenvalue weighted by Gasteiger charge is 2.10. The summed E-state index contributed by atoms with van der Waals surface area (Å²) in [4.78, 5) is 24.3. The SMILES string of the molecule is CCCCOc1ccc(C(=O)Cn2ccc(=O)c3sccc32)cc1. The molecule has 0 aliphatic rings. The number of hydrogen-bond donors (Lipinski definition) is 0. The average molecular weight is 341 g/mol. The van der Waals surface area contributed by atoms with Gasteiger partial charge in [-0.2, -0.15) is 0 Å². The Labute approximate surface area is 144 Å². The lowest BCUT2D eigenvalue weighted by atomic mass is 10.1. The molecule has 0 amide bonds. The highest BCUT2D eigenvalue weighted by atomic mass is 32.1. The molecule has 0 spiro atoms. The van der Waals surface area contributed by atoms with Crippen molar-refractivity contribution in [2.75, 3.05) is 6.61 Å². The molecule has 0 aliphatic carbocycles. The van der Waals surface area contributed by atoms with Gasteiger partial charge >= 0.3 is 0 Å². The van der Waals surface area contributed by atoms with E-state index in [9.17, 15) is 9.59 Å². The number of ether oxygens (including phenoxy) is 1. The van der Waals surface area contributed by atoms with Gasteiger partial charge in [-0.3, -0.25) is 9.59 Å². The largest absolute Gasteiger partial charge is 0.494 e. The van der Waals surface area contributed by atoms with Crippen LogP contribution in [0.2, 0.25) is 0 Å². The fraction of sp³-hybridized carbons (Fsp3) is 0.263. The molecular formula is C19H19NO3S. The molecule has 124 valence electrons. The molecule has 3 rings (SSSR count). The van der Waals surface area contributed by atoms with Gasteiger partial charge in [-0.25, -0.2) is 0 Å². The first-order chi connectivity index (χ1) is 11.7. The smallest absolute Gasteiger partial charge is 0.199 e. The van der Waals surface area contributed by atoms with Gasteiger partial charge < -0.3 is 9.30 Å². The third-order valence-corrected chi connectivity index (χ3v) is 4.76. The van der Waals surface area contributed by atoms with Crippen molar-refractivity contribution in [1.82, 2.24) is 4.57 Å². The Kier molecular flexibility index (Phi) is 5.11. The molecular weight excluding hydrogens is 322 g/mol. The van der Waals surface area contributed by atoms with Crippen LogP contribution >= 0.6 is 11.3 Å². The van der Waals surface area contributed by atoms with Crippen LogP contribution in [0.25, 0.3) is 10.2 Å². The second kappa shape index (κ2) is 7.45. The summed E-state index contributed by atoms with van der Waals surface area (Å²) in [6.45, 7) is 3.02. The minimum absolute atomic E-state index is 0.00252. The standard InChI is InChI=1S/C19H19NO3S/c1-2-3-11-23-15-6-4-14(5-7-15)18(22)13-20-10-8-17(21)19-16(20)9-12-24-19/h4-10,12H,2-3,11,13H2,1H3. The van der Waals surface area contributed by atoms with E-state index in [0.717, 1.165) is 24.1 Å². The first kappa shape index (κ1) is 16.5. The van der Waals surface area contributed by atoms with Crippen molar-refractivity contribution in [3.63, 3.8) is 0 Å². The van der Waals surface area contributed by atoms with Crippen LogP contribution in [0.4, 0.5) is 0 Å². The Balaban J connectivity index is 1.73. The monoisotopic (exact) mass is 341 g/mol. The summed E-state index contributed by atoms with van der Waals surface area (Å²) in [6.07, 6.45) is 3.79. The van der Waals surface area contributed by atoms with Crippen molar-refractivity contribution < 1.29 is 9.53 Å². The van der Waals surface area contributed by atoms with Crippen LogP contribution in [-0.4, -0.2) is 17.0 Å². The second-order valence-electron chi connectivity index (χ2n) is 5.59. The van der Waals surface area contributed by atoms with Gasteiger partial charge in [-0.1, -0.05) is 13.3 Å². The number of benzene rings is 1. The Morgan fingerprint density at radius 3 is 2.71 bits per heavy atom. The lowest BCUT2D eigenvalue weighted by Gasteiger charge is -2.09. The summed E-state index contributed by atoms with van der Waals surface area (Å²) in [5.41, 5.74) is 1.44. The number of unbranched alkanes of at least 4 members (excludes halogenated alkanes) is 1. The zero-order valence-corrected chi connectivity index (χ0v) is 14.3. The quantitative estimate of drug-likeness (QED) is 0.480. The molecule has 0 N–H and O–H groups in total. The molecule has 3 aromatic rings. The fourth-order valence-electron chi connectivity index (χ4n) is 2.48. The van der Waals surface area contributed by atoms with Crippen LogP contribution in [0.15, 0.2) is 52.8 Å². The van der Waals surface area contributed by atoms with Gasteiger partial charge in [0.05, 0.1) is 23.4 Å². The Hall–Kier alpha value is -2.40. The number of rotatable bonds is 7. The highest BCUT2D eigenvalue weighted by Crippen LogP contribution is 2.18. The number of pyridine rings is 1. The molecule has 1 aromatic carbocycles. The van der Waals surface area contributed by atoms with Crippen LogP contribution in [0.3, 0.4) is 0 Å². The number of Topliss-reactive ketones (excluding diaryl/α,β-unsaturated/α-hetero) is 1. The van der Waals surface area contributed by atoms with E-state index in [-0.39, 0.29) is 17.8 Å². The topological polar surface area (TPSA) is 48.3 Å². The lowest BCUT2D eigenvalue weighted by Crippen LogP contribution is -2.13. The zero-order chi connectivity index (χ0) is 16.9. The van der Waals surface area contributed by atoms with E-state index in [4.69, 9.17) is 4.74 Å². The maximum Gasteiger partial charge on any atom is 0.199 e. The van der Waals surface area contributed by atoms with Gasteiger partial charge in [-0.15, -0.1) is 11.3 Å². The van der Waals surface area contributed by atoms with Crippen molar-refractivity contribution in [2.45, 2.75) is 26.3 Å². The van der Waals surface area contributed by atoms with Crippen LogP contribution in [-0.2, 0) is 6.54 Å². The van der Waals surface area contributed by atoms with Crippen molar-refractivity contribution in [1.29, 1.82) is 0 Å². The molecule has 24 heavy (non-hydrogen) atoms. The molecule has 2 aromatic heterocycles. The van der Waals surface area contributed by atoms with Crippen LogP contribution in [0.1, 0.15) is 30.1 Å². The number of fused-ring (bicyclic) bond motifs is 1. The van der Waals surface area contributed by atoms with Crippen LogP contribution in [0.5, 0.6) is 5.75 Å². The van der Waals surface area contributed by atoms with Crippen molar-refractivity contribution in [3.8, 4) is 5.75 Å². The highest BCUT2D eigenvalue weighted by molar-refractivity contribution is 7.17. The summed E-state index contributed by atoms with van der Waals surface area (Å²) in [5.74, 6) is 0.787. The van der Waals surface area contributed by atoms with Gasteiger partial charge in [0, 0.05) is 17.8 Å². The normalized spacial score (nSPS) is 10.9. The van der Waals surface area contributed by atoms with Gasteiger partial charge in [0.15, 0.2) is 11.2 Å². The molecule has 0 saturated carbocycles. The third kappa shape index (κ3) is 3.57. The number of ketones is 1. The third-order valence-electron chi connectivity index (χ3n) is 3.84. The van der Waals surface area contributed by atoms with Crippen molar-refractivity contribution >= 4 is 27.3 Å². The van der Waals surface area contributed by atoms with E-state index in [1.54, 1.807) is 18.3 Å². The van der Waals surface area contributed by atoms with Crippen molar-refractivity contribution in [2.24, 2.45) is 0 Å². The number of hydrogen-bond acceptors (Lipinski definition) is 4. The average Bonchev–Trinajstić information content (AvgIpc) is 3.09. The molecule has 0 atom stereocenters. The first-order valence-electron chi connectivity index (χ1n) is 8.01. The number of carbonyl (C=O) groups is 1. The van der Waals surface area contributed by atoms with Gasteiger partial charge in [-0.05, 0) is 42.1 Å². The van der Waals surface area contributed by atoms with Gasteiger partial charge in [0.2, 0.25) is 0 Å². The predicted molar refractivity (Wildman–Crippen MR) is 97.3 cm³/mol. The van der Waals surface area contributed by atoms with Gasteiger partial charge in [0.1, 0.15) is 5.75 Å². The molecule has 4 nitrogen and oxygen atoms in total. The molecule has 0 radical (unpaired) electrons. The molecule has 0 saturated heterocycles. The fourth-order valence-corrected chi connectivity index (χ4v) is 3.31. The molecule has 2 heterocycles. The van der Waals surface area contributed by atoms with Crippen molar-refractivity contribution in [3.05, 3.63) is 63.8 Å². The van der Waals surface area contributed by atoms with E-state index in [1.807, 2.05) is 28.1 Å². The van der Waals surface area contributed by atoms with E-state index >= 15 is 0 Å². The lowest BCUT2D eigenvalue weighted by molar-refractivity contribution is 0.0973. The summed E-state index contributed by atoms with van der Waals surface area (Å²) in [6, 6.07) is 10.6. The number of nitrogens with zero attached hydrogens (tertiary/aromatic N) is 1. The van der Waals surface area contributed by atoms with E-state index in [1.165, 1.54) is 17.4 Å². The van der Waals surface area contributed by atoms with E-state index < -0.39 is 0 Å². The Bertz CT molecular complexity index is 893. The maximum atomic E-state index is 12.5. The summed E-state index contributed by atoms with van der Waals surface area (Å²) in [5, 5.41) is 1.87. The number of aromatic nitrogens is 1. The minimum atomic E-state index is -0.00252. The zero-order valence-electron chi connectivity index (χ0n) is 13.5. The van der Waals surface area contributed by atoms with E-state index in [0.29, 0.717) is 16.9 Å². The Morgan fingerprint density at radius 1 is 1.17 bits per heavy atom. The van der Waals surface area contributed by atoms with Crippen LogP contribution < -0.4 is 10.2 Å². The molecule has 5 heteroatoms. The maximum absolute atomic E-state index is 12.5. The molecule has 0 unspecified atom stereocenters. The minimum Gasteiger partial charge on any atom is -0.494 e. The summed E-state index contributed by atoms with van der Waals surface area (Å²) >= 11 is 1.40. The number of carbonyl (C=O) groups excluding carboxylic acids is 1. The predicted octanol–water partition coefficient (Wildman–Crippen LogP) is 4.12. The molecule has 0 aliphatic heterocycles. The summed E-state index contributed by atoms with van der Waals surface area (Å²) in [7, 11) is 0.